The van der Waals surface area contributed by atoms with Crippen molar-refractivity contribution in [3.05, 3.63) is 35.4 Å². The molecule has 1 rings (SSSR count). The van der Waals surface area contributed by atoms with Crippen molar-refractivity contribution in [1.29, 1.82) is 0 Å². The maximum Gasteiger partial charge on any atom is 0.0664 e. The monoisotopic (exact) mass is 263 g/mol. The number of aliphatic hydroxyl groups excluding tert-OH is 1. The summed E-state index contributed by atoms with van der Waals surface area (Å²) in [5.41, 5.74) is 2.69. The Morgan fingerprint density at radius 2 is 1.74 bits per heavy atom. The summed E-state index contributed by atoms with van der Waals surface area (Å²) in [6.45, 7) is 9.40. The molecule has 0 radical (unpaired) electrons. The Labute approximate surface area is 118 Å². The maximum atomic E-state index is 9.73. The van der Waals surface area contributed by atoms with Crippen LogP contribution in [0.1, 0.15) is 57.7 Å². The first-order valence-electron chi connectivity index (χ1n) is 7.53. The molecule has 0 spiro atoms. The lowest BCUT2D eigenvalue weighted by atomic mass is 10.00. The Bertz CT molecular complexity index is 345. The van der Waals surface area contributed by atoms with Crippen molar-refractivity contribution in [2.75, 3.05) is 6.54 Å². The Morgan fingerprint density at radius 3 is 2.26 bits per heavy atom. The smallest absolute Gasteiger partial charge is 0.0664 e. The lowest BCUT2D eigenvalue weighted by molar-refractivity contribution is 0.157. The van der Waals surface area contributed by atoms with E-state index in [1.54, 1.807) is 0 Å². The number of rotatable bonds is 8. The van der Waals surface area contributed by atoms with Gasteiger partial charge in [-0.2, -0.15) is 0 Å². The third-order valence-corrected chi connectivity index (χ3v) is 3.41. The molecule has 2 atom stereocenters. The van der Waals surface area contributed by atoms with E-state index in [2.05, 4.69) is 57.3 Å². The number of hydrogen-bond acceptors (Lipinski definition) is 2. The number of hydrogen-bond donors (Lipinski definition) is 2. The van der Waals surface area contributed by atoms with Crippen LogP contribution in [0.4, 0.5) is 0 Å². The first-order chi connectivity index (χ1) is 9.02. The molecule has 1 aromatic rings. The fraction of sp³-hybridized carbons (Fsp3) is 0.647. The van der Waals surface area contributed by atoms with Crippen molar-refractivity contribution in [3.63, 3.8) is 0 Å². The first kappa shape index (κ1) is 16.2. The van der Waals surface area contributed by atoms with Gasteiger partial charge >= 0.3 is 0 Å². The molecule has 2 N–H and O–H groups in total. The zero-order valence-electron chi connectivity index (χ0n) is 12.8. The summed E-state index contributed by atoms with van der Waals surface area (Å²) in [6.07, 6.45) is 2.80. The van der Waals surface area contributed by atoms with E-state index < -0.39 is 0 Å². The van der Waals surface area contributed by atoms with Gasteiger partial charge in [-0.1, -0.05) is 51.5 Å². The summed E-state index contributed by atoms with van der Waals surface area (Å²) >= 11 is 0. The van der Waals surface area contributed by atoms with Gasteiger partial charge in [0.1, 0.15) is 0 Å². The molecule has 19 heavy (non-hydrogen) atoms. The second-order valence-corrected chi connectivity index (χ2v) is 5.91. The van der Waals surface area contributed by atoms with Crippen molar-refractivity contribution >= 4 is 0 Å². The van der Waals surface area contributed by atoms with Gasteiger partial charge in [0.2, 0.25) is 0 Å². The quantitative estimate of drug-likeness (QED) is 0.749. The zero-order valence-corrected chi connectivity index (χ0v) is 12.8. The Morgan fingerprint density at radius 1 is 1.11 bits per heavy atom. The standard InChI is InChI=1S/C17H29NO/c1-5-6-17(19)12-18-14(4)16-9-7-15(8-10-16)11-13(2)3/h7-10,13-14,17-19H,5-6,11-12H2,1-4H3. The molecular weight excluding hydrogens is 234 g/mol. The van der Waals surface area contributed by atoms with E-state index in [9.17, 15) is 5.11 Å². The fourth-order valence-corrected chi connectivity index (χ4v) is 2.28. The van der Waals surface area contributed by atoms with Crippen LogP contribution in [0, 0.1) is 5.92 Å². The summed E-state index contributed by atoms with van der Waals surface area (Å²) in [5.74, 6) is 0.700. The van der Waals surface area contributed by atoms with Gasteiger partial charge < -0.3 is 10.4 Å². The second-order valence-electron chi connectivity index (χ2n) is 5.91. The third kappa shape index (κ3) is 6.22. The van der Waals surface area contributed by atoms with Crippen LogP contribution >= 0.6 is 0 Å². The van der Waals surface area contributed by atoms with Crippen LogP contribution in [-0.2, 0) is 6.42 Å². The average Bonchev–Trinajstić information content (AvgIpc) is 2.36. The highest BCUT2D eigenvalue weighted by atomic mass is 16.3. The molecule has 0 saturated carbocycles. The lowest BCUT2D eigenvalue weighted by Gasteiger charge is -2.17. The van der Waals surface area contributed by atoms with Gasteiger partial charge in [-0.05, 0) is 36.8 Å². The molecule has 0 aliphatic carbocycles. The van der Waals surface area contributed by atoms with Crippen LogP contribution in [0.15, 0.2) is 24.3 Å². The number of aliphatic hydroxyl groups is 1. The van der Waals surface area contributed by atoms with Gasteiger partial charge in [0.05, 0.1) is 6.10 Å². The SMILES string of the molecule is CCCC(O)CNC(C)c1ccc(CC(C)C)cc1. The summed E-state index contributed by atoms with van der Waals surface area (Å²) in [6, 6.07) is 9.12. The van der Waals surface area contributed by atoms with Crippen LogP contribution in [0.5, 0.6) is 0 Å². The second kappa shape index (κ2) is 8.34. The van der Waals surface area contributed by atoms with Gasteiger partial charge in [0, 0.05) is 12.6 Å². The van der Waals surface area contributed by atoms with E-state index in [0.717, 1.165) is 19.3 Å². The van der Waals surface area contributed by atoms with Crippen LogP contribution in [0.3, 0.4) is 0 Å². The molecular formula is C17H29NO. The molecule has 0 aromatic heterocycles. The van der Waals surface area contributed by atoms with Gasteiger partial charge in [-0.15, -0.1) is 0 Å². The van der Waals surface area contributed by atoms with Gasteiger partial charge in [-0.25, -0.2) is 0 Å². The van der Waals surface area contributed by atoms with Crippen LogP contribution < -0.4 is 5.32 Å². The van der Waals surface area contributed by atoms with Gasteiger partial charge in [0.15, 0.2) is 0 Å². The molecule has 2 nitrogen and oxygen atoms in total. The molecule has 2 unspecified atom stereocenters. The Kier molecular flexibility index (Phi) is 7.11. The van der Waals surface area contributed by atoms with Crippen LogP contribution in [0.25, 0.3) is 0 Å². The maximum absolute atomic E-state index is 9.73. The highest BCUT2D eigenvalue weighted by Gasteiger charge is 2.08. The average molecular weight is 263 g/mol. The Balaban J connectivity index is 2.46. The molecule has 1 aromatic carbocycles. The predicted octanol–water partition coefficient (Wildman–Crippen LogP) is 3.70. The van der Waals surface area contributed by atoms with E-state index in [1.165, 1.54) is 11.1 Å². The number of benzene rings is 1. The van der Waals surface area contributed by atoms with E-state index in [4.69, 9.17) is 0 Å². The Hall–Kier alpha value is -0.860. The van der Waals surface area contributed by atoms with E-state index in [-0.39, 0.29) is 6.10 Å². The minimum Gasteiger partial charge on any atom is -0.392 e. The van der Waals surface area contributed by atoms with Crippen molar-refractivity contribution in [2.45, 2.75) is 59.1 Å². The van der Waals surface area contributed by atoms with Gasteiger partial charge in [-0.3, -0.25) is 0 Å². The molecule has 0 aliphatic heterocycles. The highest BCUT2D eigenvalue weighted by molar-refractivity contribution is 5.25. The first-order valence-corrected chi connectivity index (χ1v) is 7.53. The zero-order chi connectivity index (χ0) is 14.3. The van der Waals surface area contributed by atoms with Crippen molar-refractivity contribution in [2.24, 2.45) is 5.92 Å². The fourth-order valence-electron chi connectivity index (χ4n) is 2.28. The van der Waals surface area contributed by atoms with Crippen molar-refractivity contribution in [3.8, 4) is 0 Å². The van der Waals surface area contributed by atoms with E-state index in [0.29, 0.717) is 18.5 Å². The van der Waals surface area contributed by atoms with Crippen molar-refractivity contribution < 1.29 is 5.11 Å². The highest BCUT2D eigenvalue weighted by Crippen LogP contribution is 2.15. The third-order valence-electron chi connectivity index (χ3n) is 3.41. The molecule has 0 amide bonds. The van der Waals surface area contributed by atoms with E-state index in [1.807, 2.05) is 0 Å². The molecule has 2 heteroatoms. The summed E-state index contributed by atoms with van der Waals surface area (Å²) in [7, 11) is 0. The van der Waals surface area contributed by atoms with Crippen LogP contribution in [0.2, 0.25) is 0 Å². The topological polar surface area (TPSA) is 32.3 Å². The van der Waals surface area contributed by atoms with E-state index >= 15 is 0 Å². The normalized spacial score (nSPS) is 14.6. The summed E-state index contributed by atoms with van der Waals surface area (Å²) in [4.78, 5) is 0. The number of nitrogens with one attached hydrogen (secondary N) is 1. The molecule has 0 heterocycles. The predicted molar refractivity (Wildman–Crippen MR) is 82.3 cm³/mol. The van der Waals surface area contributed by atoms with Gasteiger partial charge in [0.25, 0.3) is 0 Å². The molecule has 108 valence electrons. The molecule has 0 bridgehead atoms. The molecule has 0 aliphatic rings. The minimum atomic E-state index is -0.229. The summed E-state index contributed by atoms with van der Waals surface area (Å²) in [5, 5.41) is 13.1. The van der Waals surface area contributed by atoms with Crippen LogP contribution in [-0.4, -0.2) is 17.8 Å². The minimum absolute atomic E-state index is 0.229. The summed E-state index contributed by atoms with van der Waals surface area (Å²) < 4.78 is 0. The lowest BCUT2D eigenvalue weighted by Crippen LogP contribution is -2.28. The largest absolute Gasteiger partial charge is 0.392 e. The molecule has 0 saturated heterocycles. The molecule has 0 fully saturated rings. The van der Waals surface area contributed by atoms with Crippen molar-refractivity contribution in [1.82, 2.24) is 5.32 Å².